The number of nitrogens with zero attached hydrogens (tertiary/aromatic N) is 2. The average molecular weight is 193 g/mol. The Morgan fingerprint density at radius 3 is 3.21 bits per heavy atom. The lowest BCUT2D eigenvalue weighted by atomic mass is 10.2. The zero-order valence-corrected chi connectivity index (χ0v) is 7.43. The number of fused-ring (bicyclic) bond motifs is 1. The van der Waals surface area contributed by atoms with Gasteiger partial charge in [0.05, 0.1) is 36.5 Å². The van der Waals surface area contributed by atoms with Gasteiger partial charge in [0.25, 0.3) is 0 Å². The molecule has 0 amide bonds. The van der Waals surface area contributed by atoms with Crippen molar-refractivity contribution in [2.75, 3.05) is 13.2 Å². The van der Waals surface area contributed by atoms with Crippen LogP contribution in [-0.4, -0.2) is 27.7 Å². The van der Waals surface area contributed by atoms with Gasteiger partial charge in [-0.3, -0.25) is 9.55 Å². The first-order chi connectivity index (χ1) is 6.86. The van der Waals surface area contributed by atoms with Crippen LogP contribution in [0, 0.1) is 0 Å². The van der Waals surface area contributed by atoms with Gasteiger partial charge >= 0.3 is 5.69 Å². The van der Waals surface area contributed by atoms with E-state index in [2.05, 4.69) is 9.97 Å². The molecule has 0 unspecified atom stereocenters. The number of aromatic nitrogens is 3. The minimum Gasteiger partial charge on any atom is -0.377 e. The molecule has 2 aromatic rings. The third kappa shape index (κ3) is 0.927. The molecule has 1 aliphatic rings. The molecule has 1 N–H and O–H groups in total. The predicted octanol–water partition coefficient (Wildman–Crippen LogP) is 0.542. The molecule has 5 nitrogen and oxygen atoms in total. The molecule has 5 heteroatoms. The number of rotatable bonds is 1. The zero-order valence-electron chi connectivity index (χ0n) is 7.43. The van der Waals surface area contributed by atoms with Crippen molar-refractivity contribution in [3.8, 4) is 0 Å². The van der Waals surface area contributed by atoms with E-state index < -0.39 is 0 Å². The van der Waals surface area contributed by atoms with Crippen LogP contribution in [0.5, 0.6) is 0 Å². The molecular weight excluding hydrogens is 182 g/mol. The topological polar surface area (TPSA) is 59.9 Å². The minimum absolute atomic E-state index is 0. The van der Waals surface area contributed by atoms with Crippen molar-refractivity contribution < 1.29 is 6.16 Å². The van der Waals surface area contributed by atoms with E-state index in [1.165, 1.54) is 0 Å². The highest BCUT2D eigenvalue weighted by molar-refractivity contribution is 5.73. The molecule has 0 aromatic carbocycles. The highest BCUT2D eigenvalue weighted by Crippen LogP contribution is 2.19. The summed E-state index contributed by atoms with van der Waals surface area (Å²) in [6, 6.07) is 2.02. The zero-order chi connectivity index (χ0) is 9.54. The molecule has 0 bridgehead atoms. The van der Waals surface area contributed by atoms with Gasteiger partial charge in [0.15, 0.2) is 0 Å². The Bertz CT molecular complexity index is 529. The largest absolute Gasteiger partial charge is 0.377 e. The molecule has 1 fully saturated rings. The first-order valence-corrected chi connectivity index (χ1v) is 4.48. The Morgan fingerprint density at radius 2 is 2.50 bits per heavy atom. The summed E-state index contributed by atoms with van der Waals surface area (Å²) in [5.41, 5.74) is 1.60. The standard InChI is InChI=1S/C9H9N3O2.H2/c13-9-11-7-3-10-2-1-8(7)12(9)6-4-14-5-6;/h1-3,6H,4-5H2,(H,11,13);1H. The summed E-state index contributed by atoms with van der Waals surface area (Å²) in [7, 11) is 0. The fourth-order valence-corrected chi connectivity index (χ4v) is 1.71. The highest BCUT2D eigenvalue weighted by Gasteiger charge is 2.23. The lowest BCUT2D eigenvalue weighted by molar-refractivity contribution is -0.0228. The van der Waals surface area contributed by atoms with Crippen molar-refractivity contribution in [1.82, 2.24) is 14.5 Å². The van der Waals surface area contributed by atoms with Crippen molar-refractivity contribution in [3.63, 3.8) is 0 Å². The molecule has 0 saturated carbocycles. The SMILES string of the molecule is O=c1[nH]c2cnccc2n1C1COC1.[HH]. The van der Waals surface area contributed by atoms with Gasteiger partial charge in [-0.1, -0.05) is 0 Å². The number of nitrogens with one attached hydrogen (secondary N) is 1. The monoisotopic (exact) mass is 193 g/mol. The van der Waals surface area contributed by atoms with Crippen molar-refractivity contribution >= 4 is 11.0 Å². The van der Waals surface area contributed by atoms with E-state index in [9.17, 15) is 4.79 Å². The predicted molar refractivity (Wildman–Crippen MR) is 52.3 cm³/mol. The summed E-state index contributed by atoms with van der Waals surface area (Å²) in [6.45, 7) is 1.24. The van der Waals surface area contributed by atoms with Gasteiger partial charge in [-0.2, -0.15) is 0 Å². The summed E-state index contributed by atoms with van der Waals surface area (Å²) in [6.07, 6.45) is 3.35. The summed E-state index contributed by atoms with van der Waals surface area (Å²) in [5, 5.41) is 0. The van der Waals surface area contributed by atoms with Gasteiger partial charge in [0.2, 0.25) is 0 Å². The van der Waals surface area contributed by atoms with Gasteiger partial charge < -0.3 is 9.72 Å². The van der Waals surface area contributed by atoms with Crippen LogP contribution in [0.2, 0.25) is 0 Å². The first-order valence-electron chi connectivity index (χ1n) is 4.48. The van der Waals surface area contributed by atoms with Crippen LogP contribution in [0.15, 0.2) is 23.3 Å². The maximum atomic E-state index is 11.6. The first kappa shape index (κ1) is 7.75. The molecule has 1 saturated heterocycles. The number of H-pyrrole nitrogens is 1. The smallest absolute Gasteiger partial charge is 0.326 e. The number of pyridine rings is 1. The van der Waals surface area contributed by atoms with Gasteiger partial charge in [-0.15, -0.1) is 0 Å². The van der Waals surface area contributed by atoms with Crippen LogP contribution >= 0.6 is 0 Å². The molecule has 0 aliphatic carbocycles. The Kier molecular flexibility index (Phi) is 1.49. The minimum atomic E-state index is -0.0821. The van der Waals surface area contributed by atoms with E-state index in [0.29, 0.717) is 13.2 Å². The van der Waals surface area contributed by atoms with E-state index in [4.69, 9.17) is 4.74 Å². The molecule has 0 spiro atoms. The normalized spacial score (nSPS) is 17.1. The summed E-state index contributed by atoms with van der Waals surface area (Å²) in [5.74, 6) is 0. The highest BCUT2D eigenvalue weighted by atomic mass is 16.5. The fourth-order valence-electron chi connectivity index (χ4n) is 1.71. The molecule has 3 rings (SSSR count). The van der Waals surface area contributed by atoms with Gasteiger partial charge in [-0.25, -0.2) is 4.79 Å². The van der Waals surface area contributed by atoms with Gasteiger partial charge in [0, 0.05) is 7.62 Å². The number of imidazole rings is 1. The maximum Gasteiger partial charge on any atom is 0.326 e. The van der Waals surface area contributed by atoms with E-state index in [1.54, 1.807) is 17.0 Å². The third-order valence-electron chi connectivity index (χ3n) is 2.50. The second kappa shape index (κ2) is 2.68. The molecule has 74 valence electrons. The van der Waals surface area contributed by atoms with Crippen LogP contribution < -0.4 is 5.69 Å². The Balaban J connectivity index is 0.000000853. The Morgan fingerprint density at radius 1 is 1.64 bits per heavy atom. The van der Waals surface area contributed by atoms with Crippen LogP contribution in [0.1, 0.15) is 7.47 Å². The average Bonchev–Trinajstić information content (AvgIpc) is 2.41. The molecule has 0 radical (unpaired) electrons. The van der Waals surface area contributed by atoms with E-state index >= 15 is 0 Å². The van der Waals surface area contributed by atoms with E-state index in [1.807, 2.05) is 6.07 Å². The van der Waals surface area contributed by atoms with Crippen LogP contribution in [0.25, 0.3) is 11.0 Å². The van der Waals surface area contributed by atoms with Crippen LogP contribution in [0.3, 0.4) is 0 Å². The summed E-state index contributed by atoms with van der Waals surface area (Å²) >= 11 is 0. The van der Waals surface area contributed by atoms with Crippen molar-refractivity contribution in [3.05, 3.63) is 28.9 Å². The number of aromatic amines is 1. The lowest BCUT2D eigenvalue weighted by Crippen LogP contribution is -2.36. The number of hydrogen-bond acceptors (Lipinski definition) is 3. The Labute approximate surface area is 80.8 Å². The van der Waals surface area contributed by atoms with E-state index in [-0.39, 0.29) is 13.2 Å². The van der Waals surface area contributed by atoms with Crippen molar-refractivity contribution in [2.24, 2.45) is 0 Å². The molecular formula is C9H11N3O2. The molecule has 14 heavy (non-hydrogen) atoms. The van der Waals surface area contributed by atoms with Crippen molar-refractivity contribution in [2.45, 2.75) is 6.04 Å². The molecule has 3 heterocycles. The van der Waals surface area contributed by atoms with Gasteiger partial charge in [-0.05, 0) is 6.07 Å². The lowest BCUT2D eigenvalue weighted by Gasteiger charge is -2.26. The summed E-state index contributed by atoms with van der Waals surface area (Å²) in [4.78, 5) is 18.3. The molecule has 1 aliphatic heterocycles. The van der Waals surface area contributed by atoms with E-state index in [0.717, 1.165) is 11.0 Å². The number of hydrogen-bond donors (Lipinski definition) is 1. The van der Waals surface area contributed by atoms with Gasteiger partial charge in [0.1, 0.15) is 0 Å². The third-order valence-corrected chi connectivity index (χ3v) is 2.50. The van der Waals surface area contributed by atoms with Crippen LogP contribution in [0.4, 0.5) is 0 Å². The molecule has 0 atom stereocenters. The molecule has 2 aromatic heterocycles. The quantitative estimate of drug-likeness (QED) is 0.719. The number of ether oxygens (including phenoxy) is 1. The maximum absolute atomic E-state index is 11.6. The fraction of sp³-hybridized carbons (Fsp3) is 0.333. The second-order valence-electron chi connectivity index (χ2n) is 3.38. The Hall–Kier alpha value is -1.62. The van der Waals surface area contributed by atoms with Crippen molar-refractivity contribution in [1.29, 1.82) is 0 Å². The second-order valence-corrected chi connectivity index (χ2v) is 3.38. The van der Waals surface area contributed by atoms with Crippen LogP contribution in [-0.2, 0) is 4.74 Å². The summed E-state index contributed by atoms with van der Waals surface area (Å²) < 4.78 is 6.81.